The molecule has 2 atom stereocenters. The number of halogens is 1. The molecule has 0 bridgehead atoms. The summed E-state index contributed by atoms with van der Waals surface area (Å²) in [6.07, 6.45) is 3.80. The number of anilines is 1. The van der Waals surface area contributed by atoms with Crippen LogP contribution in [0.5, 0.6) is 0 Å². The van der Waals surface area contributed by atoms with Crippen LogP contribution in [-0.4, -0.2) is 22.2 Å². The molecule has 0 saturated heterocycles. The topological polar surface area (TPSA) is 58.3 Å². The van der Waals surface area contributed by atoms with Crippen LogP contribution in [0.25, 0.3) is 0 Å². The second kappa shape index (κ2) is 5.87. The summed E-state index contributed by atoms with van der Waals surface area (Å²) < 4.78 is 0. The Hall–Kier alpha value is -0.840. The van der Waals surface area contributed by atoms with Crippen molar-refractivity contribution in [1.82, 2.24) is 0 Å². The Kier molecular flexibility index (Phi) is 4.43. The smallest absolute Gasteiger partial charge is 0.105 e. The Balaban J connectivity index is 2.10. The maximum Gasteiger partial charge on any atom is 0.105 e. The number of benzene rings is 1. The minimum atomic E-state index is -0.284. The molecule has 0 aliphatic heterocycles. The first-order valence-corrected chi connectivity index (χ1v) is 6.90. The summed E-state index contributed by atoms with van der Waals surface area (Å²) in [6, 6.07) is 5.60. The molecule has 1 aromatic rings. The maximum absolute atomic E-state index is 9.91. The number of thiocarbonyl (C=S) groups is 1. The zero-order chi connectivity index (χ0) is 13.1. The van der Waals surface area contributed by atoms with Crippen molar-refractivity contribution >= 4 is 34.5 Å². The van der Waals surface area contributed by atoms with Gasteiger partial charge in [-0.2, -0.15) is 0 Å². The minimum Gasteiger partial charge on any atom is -0.391 e. The lowest BCUT2D eigenvalue weighted by Crippen LogP contribution is -2.36. The SMILES string of the molecule is NC(=S)c1ccc(NC2CCCCC2O)cc1Cl. The van der Waals surface area contributed by atoms with E-state index in [1.54, 1.807) is 6.07 Å². The lowest BCUT2D eigenvalue weighted by Gasteiger charge is -2.29. The summed E-state index contributed by atoms with van der Waals surface area (Å²) in [5.41, 5.74) is 7.13. The van der Waals surface area contributed by atoms with Gasteiger partial charge in [-0.1, -0.05) is 36.7 Å². The number of nitrogens with one attached hydrogen (secondary N) is 1. The summed E-state index contributed by atoms with van der Waals surface area (Å²) in [4.78, 5) is 0.296. The lowest BCUT2D eigenvalue weighted by atomic mass is 9.92. The number of aliphatic hydroxyl groups is 1. The van der Waals surface area contributed by atoms with E-state index >= 15 is 0 Å². The van der Waals surface area contributed by atoms with Gasteiger partial charge in [0.15, 0.2) is 0 Å². The van der Waals surface area contributed by atoms with Crippen LogP contribution in [0.2, 0.25) is 5.02 Å². The Morgan fingerprint density at radius 2 is 2.11 bits per heavy atom. The number of hydrogen-bond donors (Lipinski definition) is 3. The van der Waals surface area contributed by atoms with Crippen molar-refractivity contribution in [3.63, 3.8) is 0 Å². The Morgan fingerprint density at radius 3 is 2.72 bits per heavy atom. The predicted octanol–water partition coefficient (Wildman–Crippen LogP) is 2.69. The quantitative estimate of drug-likeness (QED) is 0.747. The van der Waals surface area contributed by atoms with Crippen LogP contribution in [0.4, 0.5) is 5.69 Å². The molecular formula is C13H17ClN2OS. The summed E-state index contributed by atoms with van der Waals surface area (Å²) in [7, 11) is 0. The molecule has 0 radical (unpaired) electrons. The average molecular weight is 285 g/mol. The Morgan fingerprint density at radius 1 is 1.39 bits per heavy atom. The Bertz CT molecular complexity index is 453. The van der Waals surface area contributed by atoms with Crippen LogP contribution in [0.3, 0.4) is 0 Å². The number of hydrogen-bond acceptors (Lipinski definition) is 3. The van der Waals surface area contributed by atoms with Crippen LogP contribution in [0.15, 0.2) is 18.2 Å². The Labute approximate surface area is 117 Å². The zero-order valence-electron chi connectivity index (χ0n) is 10.0. The molecule has 0 amide bonds. The van der Waals surface area contributed by atoms with Gasteiger partial charge in [0.1, 0.15) is 4.99 Å². The fourth-order valence-electron chi connectivity index (χ4n) is 2.30. The average Bonchev–Trinajstić information content (AvgIpc) is 2.32. The molecular weight excluding hydrogens is 268 g/mol. The van der Waals surface area contributed by atoms with Gasteiger partial charge < -0.3 is 16.2 Å². The van der Waals surface area contributed by atoms with Crippen LogP contribution >= 0.6 is 23.8 Å². The van der Waals surface area contributed by atoms with Crippen molar-refractivity contribution in [3.8, 4) is 0 Å². The molecule has 18 heavy (non-hydrogen) atoms. The highest BCUT2D eigenvalue weighted by atomic mass is 35.5. The van der Waals surface area contributed by atoms with Gasteiger partial charge in [-0.25, -0.2) is 0 Å². The van der Waals surface area contributed by atoms with Crippen molar-refractivity contribution in [2.75, 3.05) is 5.32 Å². The molecule has 0 heterocycles. The third-order valence-electron chi connectivity index (χ3n) is 3.32. The first kappa shape index (κ1) is 13.6. The molecule has 1 aliphatic rings. The monoisotopic (exact) mass is 284 g/mol. The second-order valence-electron chi connectivity index (χ2n) is 4.66. The van der Waals surface area contributed by atoms with Gasteiger partial charge >= 0.3 is 0 Å². The highest BCUT2D eigenvalue weighted by molar-refractivity contribution is 7.80. The highest BCUT2D eigenvalue weighted by Crippen LogP contribution is 2.25. The molecule has 2 unspecified atom stereocenters. The van der Waals surface area contributed by atoms with Gasteiger partial charge in [0.05, 0.1) is 17.2 Å². The van der Waals surface area contributed by atoms with E-state index in [0.29, 0.717) is 15.6 Å². The van der Waals surface area contributed by atoms with Crippen molar-refractivity contribution in [2.45, 2.75) is 37.8 Å². The van der Waals surface area contributed by atoms with Crippen molar-refractivity contribution in [1.29, 1.82) is 0 Å². The van der Waals surface area contributed by atoms with Gasteiger partial charge in [-0.3, -0.25) is 0 Å². The van der Waals surface area contributed by atoms with E-state index in [9.17, 15) is 5.11 Å². The predicted molar refractivity (Wildman–Crippen MR) is 79.2 cm³/mol. The number of rotatable bonds is 3. The van der Waals surface area contributed by atoms with Crippen molar-refractivity contribution in [3.05, 3.63) is 28.8 Å². The van der Waals surface area contributed by atoms with Gasteiger partial charge in [0.2, 0.25) is 0 Å². The third-order valence-corrected chi connectivity index (χ3v) is 3.85. The molecule has 1 saturated carbocycles. The van der Waals surface area contributed by atoms with Crippen LogP contribution in [0.1, 0.15) is 31.2 Å². The van der Waals surface area contributed by atoms with Crippen LogP contribution in [-0.2, 0) is 0 Å². The third kappa shape index (κ3) is 3.13. The van der Waals surface area contributed by atoms with Gasteiger partial charge in [0.25, 0.3) is 0 Å². The fourth-order valence-corrected chi connectivity index (χ4v) is 2.81. The van der Waals surface area contributed by atoms with E-state index in [4.69, 9.17) is 29.6 Å². The molecule has 1 fully saturated rings. The van der Waals surface area contributed by atoms with E-state index in [1.807, 2.05) is 12.1 Å². The summed E-state index contributed by atoms with van der Waals surface area (Å²) in [6.45, 7) is 0. The van der Waals surface area contributed by atoms with E-state index in [2.05, 4.69) is 5.32 Å². The zero-order valence-corrected chi connectivity index (χ0v) is 11.6. The maximum atomic E-state index is 9.91. The van der Waals surface area contributed by atoms with Crippen molar-refractivity contribution < 1.29 is 5.11 Å². The lowest BCUT2D eigenvalue weighted by molar-refractivity contribution is 0.116. The summed E-state index contributed by atoms with van der Waals surface area (Å²) >= 11 is 11.0. The van der Waals surface area contributed by atoms with E-state index < -0.39 is 0 Å². The molecule has 1 aliphatic carbocycles. The van der Waals surface area contributed by atoms with Gasteiger partial charge in [-0.15, -0.1) is 0 Å². The van der Waals surface area contributed by atoms with E-state index in [0.717, 1.165) is 31.4 Å². The van der Waals surface area contributed by atoms with Crippen molar-refractivity contribution in [2.24, 2.45) is 5.73 Å². The summed E-state index contributed by atoms with van der Waals surface area (Å²) in [5, 5.41) is 13.8. The standard InChI is InChI=1S/C13H17ClN2OS/c14-10-7-8(5-6-9(10)13(15)18)16-11-3-1-2-4-12(11)17/h5-7,11-12,16-17H,1-4H2,(H2,15,18). The first-order chi connectivity index (χ1) is 8.58. The van der Waals surface area contributed by atoms with Gasteiger partial charge in [-0.05, 0) is 31.0 Å². The molecule has 98 valence electrons. The minimum absolute atomic E-state index is 0.102. The molecule has 0 spiro atoms. The number of nitrogens with two attached hydrogens (primary N) is 1. The molecule has 3 nitrogen and oxygen atoms in total. The normalized spacial score (nSPS) is 23.7. The van der Waals surface area contributed by atoms with E-state index in [1.165, 1.54) is 0 Å². The molecule has 0 aromatic heterocycles. The summed E-state index contributed by atoms with van der Waals surface area (Å²) in [5.74, 6) is 0. The largest absolute Gasteiger partial charge is 0.391 e. The highest BCUT2D eigenvalue weighted by Gasteiger charge is 2.22. The fraction of sp³-hybridized carbons (Fsp3) is 0.462. The second-order valence-corrected chi connectivity index (χ2v) is 5.51. The first-order valence-electron chi connectivity index (χ1n) is 6.12. The van der Waals surface area contributed by atoms with Crippen LogP contribution in [0, 0.1) is 0 Å². The number of aliphatic hydroxyl groups excluding tert-OH is 1. The van der Waals surface area contributed by atoms with E-state index in [-0.39, 0.29) is 12.1 Å². The van der Waals surface area contributed by atoms with Crippen LogP contribution < -0.4 is 11.1 Å². The molecule has 4 N–H and O–H groups in total. The van der Waals surface area contributed by atoms with Gasteiger partial charge in [0, 0.05) is 11.3 Å². The molecule has 2 rings (SSSR count). The molecule has 1 aromatic carbocycles. The molecule has 5 heteroatoms.